The SMILES string of the molecule is CC(=O)N[C@H]1[C@H](O[C@H]2[C@@H](O)[C@@H](CO)O[C@@H](O[C@H]3[C@H](O)[C@@H](O)[C@@H](O)O[C@@H]3CO)[C@@H]2O)O[C@H](CO)[C@@H](O[C@@H]2O[C@H](CO)[C@H](O)[C@H](O[C@]3(C(=O)O)C[C@H](O)[C@@H](NC(C)=O)[C@H]([C@H](O)[C@H](O)CO)O3)[C@H]2O)[C@@H]1O. The number of rotatable bonds is 18. The van der Waals surface area contributed by atoms with Crippen molar-refractivity contribution >= 4 is 17.8 Å². The lowest BCUT2D eigenvalue weighted by atomic mass is 9.88. The summed E-state index contributed by atoms with van der Waals surface area (Å²) in [5.41, 5.74) is 0. The summed E-state index contributed by atoms with van der Waals surface area (Å²) in [6.45, 7) is -3.23. The van der Waals surface area contributed by atoms with Crippen LogP contribution >= 0.6 is 0 Å². The predicted octanol–water partition coefficient (Wildman–Crippen LogP) is -12.4. The summed E-state index contributed by atoms with van der Waals surface area (Å²) in [7, 11) is 0. The molecule has 0 aromatic heterocycles. The summed E-state index contributed by atoms with van der Waals surface area (Å²) >= 11 is 0. The van der Waals surface area contributed by atoms with Gasteiger partial charge in [0.05, 0.1) is 45.2 Å². The molecule has 0 bridgehead atoms. The van der Waals surface area contributed by atoms with Crippen molar-refractivity contribution in [2.24, 2.45) is 0 Å². The molecule has 5 aliphatic rings. The van der Waals surface area contributed by atoms with Gasteiger partial charge in [0.25, 0.3) is 5.79 Å². The van der Waals surface area contributed by atoms with E-state index in [0.717, 1.165) is 13.8 Å². The van der Waals surface area contributed by atoms with Gasteiger partial charge in [-0.05, 0) is 0 Å². The zero-order chi connectivity index (χ0) is 50.7. The first-order valence-electron chi connectivity index (χ1n) is 21.2. The molecule has 0 saturated carbocycles. The standard InChI is InChI=1S/C37H62N2O29/c1-9(45)38-17-11(47)3-37(36(58)59,67-29(17)19(49)12(48)4-40)68-31-21(51)14(6-42)62-35(26(31)56)64-27-16(8-44)63-33(18(22(27)52)39-10(2)46)66-30-20(50)13(5-41)61-34(25(30)55)65-28-15(7-43)60-32(57)24(54)23(28)53/h11-35,40-44,47-57H,3-8H2,1-2H3,(H,38,45)(H,39,46)(H,58,59)/t11-,12+,13+,14+,15+,16+,17+,18+,19+,20-,21-,22+,23+,24+,25+,26+,27+,28+,29+,30-,31-,32-,33-,34-,35-,37-/m0/s1. The summed E-state index contributed by atoms with van der Waals surface area (Å²) in [6, 6.07) is -3.47. The Hall–Kier alpha value is -2.59. The Balaban J connectivity index is 1.40. The van der Waals surface area contributed by atoms with Crippen LogP contribution < -0.4 is 10.6 Å². The molecular formula is C37H62N2O29. The first kappa shape index (κ1) is 56.3. The van der Waals surface area contributed by atoms with Crippen molar-refractivity contribution in [1.29, 1.82) is 0 Å². The molecule has 0 aliphatic carbocycles. The van der Waals surface area contributed by atoms with Gasteiger partial charge in [0.2, 0.25) is 11.8 Å². The van der Waals surface area contributed by atoms with Crippen LogP contribution in [0.1, 0.15) is 20.3 Å². The van der Waals surface area contributed by atoms with Gasteiger partial charge in [0, 0.05) is 20.3 Å². The van der Waals surface area contributed by atoms with E-state index in [1.54, 1.807) is 0 Å². The van der Waals surface area contributed by atoms with Gasteiger partial charge in [-0.1, -0.05) is 0 Å². The molecule has 0 aromatic carbocycles. The molecule has 31 nitrogen and oxygen atoms in total. The van der Waals surface area contributed by atoms with Crippen LogP contribution in [0.15, 0.2) is 0 Å². The zero-order valence-electron chi connectivity index (χ0n) is 36.2. The van der Waals surface area contributed by atoms with E-state index in [-0.39, 0.29) is 0 Å². The Bertz CT molecular complexity index is 1660. The number of carboxylic acid groups (broad SMARTS) is 1. The summed E-state index contributed by atoms with van der Waals surface area (Å²) in [4.78, 5) is 37.4. The Labute approximate surface area is 384 Å². The molecule has 26 atom stereocenters. The average Bonchev–Trinajstić information content (AvgIpc) is 3.29. The number of hydrogen-bond acceptors (Lipinski definition) is 28. The molecule has 394 valence electrons. The van der Waals surface area contributed by atoms with Crippen LogP contribution in [0.2, 0.25) is 0 Å². The molecule has 5 heterocycles. The van der Waals surface area contributed by atoms with Crippen molar-refractivity contribution in [3.8, 4) is 0 Å². The van der Waals surface area contributed by atoms with Crippen molar-refractivity contribution in [1.82, 2.24) is 10.6 Å². The molecule has 5 fully saturated rings. The molecule has 2 amide bonds. The number of carbonyl (C=O) groups excluding carboxylic acids is 2. The van der Waals surface area contributed by atoms with Crippen molar-refractivity contribution in [3.05, 3.63) is 0 Å². The summed E-state index contributed by atoms with van der Waals surface area (Å²) in [5.74, 6) is -6.92. The number of amides is 2. The van der Waals surface area contributed by atoms with E-state index < -0.39 is 216 Å². The summed E-state index contributed by atoms with van der Waals surface area (Å²) in [5, 5.41) is 185. The van der Waals surface area contributed by atoms with Crippen molar-refractivity contribution in [2.45, 2.75) is 179 Å². The van der Waals surface area contributed by atoms with Crippen LogP contribution in [0.25, 0.3) is 0 Å². The van der Waals surface area contributed by atoms with Crippen LogP contribution in [-0.2, 0) is 57.0 Å². The van der Waals surface area contributed by atoms with E-state index >= 15 is 0 Å². The monoisotopic (exact) mass is 998 g/mol. The van der Waals surface area contributed by atoms with Crippen LogP contribution in [0, 0.1) is 0 Å². The normalized spacial score (nSPS) is 46.6. The minimum absolute atomic E-state index is 0.811. The second-order valence-corrected chi connectivity index (χ2v) is 16.8. The molecule has 5 rings (SSSR count). The number of ether oxygens (including phenoxy) is 9. The maximum Gasteiger partial charge on any atom is 0.364 e. The van der Waals surface area contributed by atoms with Gasteiger partial charge in [-0.25, -0.2) is 4.79 Å². The van der Waals surface area contributed by atoms with Crippen LogP contribution in [0.3, 0.4) is 0 Å². The number of carbonyl (C=O) groups is 3. The molecule has 0 radical (unpaired) electrons. The molecule has 0 spiro atoms. The zero-order valence-corrected chi connectivity index (χ0v) is 36.2. The highest BCUT2D eigenvalue weighted by molar-refractivity contribution is 5.76. The van der Waals surface area contributed by atoms with Crippen molar-refractivity contribution < 1.29 is 144 Å². The second kappa shape index (κ2) is 23.8. The minimum Gasteiger partial charge on any atom is -0.477 e. The fourth-order valence-electron chi connectivity index (χ4n) is 8.54. The highest BCUT2D eigenvalue weighted by Gasteiger charge is 2.61. The molecule has 5 aliphatic heterocycles. The summed E-state index contributed by atoms with van der Waals surface area (Å²) in [6.07, 6.45) is -47.0. The van der Waals surface area contributed by atoms with Gasteiger partial charge in [0.15, 0.2) is 25.2 Å². The molecule has 19 N–H and O–H groups in total. The predicted molar refractivity (Wildman–Crippen MR) is 207 cm³/mol. The average molecular weight is 999 g/mol. The lowest BCUT2D eigenvalue weighted by molar-refractivity contribution is -0.390. The molecule has 0 unspecified atom stereocenters. The minimum atomic E-state index is -3.17. The Kier molecular flexibility index (Phi) is 19.7. The molecule has 5 saturated heterocycles. The number of carboxylic acids is 1. The third-order valence-corrected chi connectivity index (χ3v) is 12.1. The lowest BCUT2D eigenvalue weighted by Gasteiger charge is -2.51. The third-order valence-electron chi connectivity index (χ3n) is 12.1. The second-order valence-electron chi connectivity index (χ2n) is 16.8. The molecule has 31 heteroatoms. The van der Waals surface area contributed by atoms with Gasteiger partial charge in [0.1, 0.15) is 116 Å². The number of hydrogen-bond donors (Lipinski definition) is 19. The van der Waals surface area contributed by atoms with Gasteiger partial charge in [-0.15, -0.1) is 0 Å². The molecule has 0 aromatic rings. The molecular weight excluding hydrogens is 936 g/mol. The Morgan fingerprint density at radius 2 is 1.03 bits per heavy atom. The maximum atomic E-state index is 12.9. The Morgan fingerprint density at radius 1 is 0.574 bits per heavy atom. The Morgan fingerprint density at radius 3 is 1.53 bits per heavy atom. The number of aliphatic hydroxyl groups excluding tert-OH is 16. The quantitative estimate of drug-likeness (QED) is 0.0606. The fraction of sp³-hybridized carbons (Fsp3) is 0.919. The van der Waals surface area contributed by atoms with E-state index in [4.69, 9.17) is 42.6 Å². The first-order chi connectivity index (χ1) is 32.0. The van der Waals surface area contributed by atoms with E-state index in [2.05, 4.69) is 10.6 Å². The summed E-state index contributed by atoms with van der Waals surface area (Å²) < 4.78 is 50.5. The van der Waals surface area contributed by atoms with Crippen LogP contribution in [0.4, 0.5) is 0 Å². The van der Waals surface area contributed by atoms with E-state index in [1.807, 2.05) is 0 Å². The van der Waals surface area contributed by atoms with E-state index in [9.17, 15) is 101 Å². The largest absolute Gasteiger partial charge is 0.477 e. The highest BCUT2D eigenvalue weighted by Crippen LogP contribution is 2.39. The van der Waals surface area contributed by atoms with Gasteiger partial charge in [-0.3, -0.25) is 9.59 Å². The fourth-order valence-corrected chi connectivity index (χ4v) is 8.54. The van der Waals surface area contributed by atoms with Crippen LogP contribution in [-0.4, -0.2) is 297 Å². The van der Waals surface area contributed by atoms with Gasteiger partial charge >= 0.3 is 5.97 Å². The molecule has 68 heavy (non-hydrogen) atoms. The number of nitrogens with one attached hydrogen (secondary N) is 2. The topological polar surface area (TPSA) is 502 Å². The third kappa shape index (κ3) is 11.8. The first-order valence-corrected chi connectivity index (χ1v) is 21.2. The van der Waals surface area contributed by atoms with Gasteiger partial charge in [-0.2, -0.15) is 0 Å². The van der Waals surface area contributed by atoms with Gasteiger partial charge < -0.3 is 140 Å². The van der Waals surface area contributed by atoms with E-state index in [1.165, 1.54) is 0 Å². The lowest BCUT2D eigenvalue weighted by Crippen LogP contribution is -2.71. The smallest absolute Gasteiger partial charge is 0.364 e. The maximum absolute atomic E-state index is 12.9. The van der Waals surface area contributed by atoms with Crippen LogP contribution in [0.5, 0.6) is 0 Å². The van der Waals surface area contributed by atoms with Crippen molar-refractivity contribution in [2.75, 3.05) is 33.0 Å². The number of aliphatic hydroxyl groups is 16. The number of aliphatic carboxylic acids is 1. The van der Waals surface area contributed by atoms with Crippen molar-refractivity contribution in [3.63, 3.8) is 0 Å². The van der Waals surface area contributed by atoms with E-state index in [0.29, 0.717) is 0 Å². The highest BCUT2D eigenvalue weighted by atomic mass is 16.8.